The minimum absolute atomic E-state index is 0.0677. The van der Waals surface area contributed by atoms with Crippen LogP contribution in [0.1, 0.15) is 22.9 Å². The lowest BCUT2D eigenvalue weighted by molar-refractivity contribution is -0.120. The van der Waals surface area contributed by atoms with Crippen molar-refractivity contribution in [2.45, 2.75) is 19.4 Å². The maximum atomic E-state index is 12.4. The van der Waals surface area contributed by atoms with E-state index in [1.165, 1.54) is 11.3 Å². The Hall–Kier alpha value is -2.11. The van der Waals surface area contributed by atoms with E-state index < -0.39 is 0 Å². The zero-order valence-corrected chi connectivity index (χ0v) is 15.1. The largest absolute Gasteiger partial charge is 0.379 e. The first kappa shape index (κ1) is 17.7. The highest BCUT2D eigenvalue weighted by Gasteiger charge is 2.24. The molecule has 5 heteroatoms. The molecule has 0 aliphatic carbocycles. The fourth-order valence-corrected chi connectivity index (χ4v) is 3.41. The van der Waals surface area contributed by atoms with Crippen molar-refractivity contribution in [3.8, 4) is 0 Å². The highest BCUT2D eigenvalue weighted by atomic mass is 16.5. The van der Waals surface area contributed by atoms with Crippen molar-refractivity contribution in [2.75, 3.05) is 32.8 Å². The Balaban J connectivity index is 1.64. The van der Waals surface area contributed by atoms with Crippen molar-refractivity contribution >= 4 is 5.91 Å². The number of carbonyl (C=O) groups is 1. The zero-order valence-electron chi connectivity index (χ0n) is 15.1. The number of carbonyl (C=O) groups excluding carboxylic acids is 1. The Morgan fingerprint density at radius 2 is 2.04 bits per heavy atom. The van der Waals surface area contributed by atoms with Gasteiger partial charge in [-0.05, 0) is 24.6 Å². The van der Waals surface area contributed by atoms with Crippen molar-refractivity contribution < 1.29 is 9.53 Å². The van der Waals surface area contributed by atoms with Crippen molar-refractivity contribution in [1.29, 1.82) is 0 Å². The third-order valence-corrected chi connectivity index (χ3v) is 4.75. The predicted octanol–water partition coefficient (Wildman–Crippen LogP) is 2.07. The molecule has 1 unspecified atom stereocenters. The first-order valence-electron chi connectivity index (χ1n) is 8.89. The monoisotopic (exact) mass is 341 g/mol. The normalized spacial score (nSPS) is 16.6. The van der Waals surface area contributed by atoms with E-state index >= 15 is 0 Å². The molecular weight excluding hydrogens is 314 g/mol. The molecule has 134 valence electrons. The Bertz CT molecular complexity index is 704. The van der Waals surface area contributed by atoms with Gasteiger partial charge in [0.2, 0.25) is 5.91 Å². The predicted molar refractivity (Wildman–Crippen MR) is 98.4 cm³/mol. The van der Waals surface area contributed by atoms with E-state index in [1.54, 1.807) is 0 Å². The van der Waals surface area contributed by atoms with Crippen molar-refractivity contribution in [1.82, 2.24) is 14.8 Å². The van der Waals surface area contributed by atoms with Crippen LogP contribution in [0.25, 0.3) is 0 Å². The molecule has 5 nitrogen and oxygen atoms in total. The van der Waals surface area contributed by atoms with Gasteiger partial charge in [-0.2, -0.15) is 0 Å². The van der Waals surface area contributed by atoms with Crippen LogP contribution in [0, 0.1) is 6.92 Å². The molecular formula is C20H27N3O2. The average Bonchev–Trinajstić information content (AvgIpc) is 3.02. The summed E-state index contributed by atoms with van der Waals surface area (Å²) in [4.78, 5) is 14.8. The summed E-state index contributed by atoms with van der Waals surface area (Å²) in [5.74, 6) is 0.0677. The molecule has 1 aromatic heterocycles. The summed E-state index contributed by atoms with van der Waals surface area (Å²) in [7, 11) is 2.05. The summed E-state index contributed by atoms with van der Waals surface area (Å²) >= 11 is 0. The van der Waals surface area contributed by atoms with E-state index in [9.17, 15) is 4.79 Å². The smallest absolute Gasteiger partial charge is 0.224 e. The summed E-state index contributed by atoms with van der Waals surface area (Å²) < 4.78 is 7.61. The molecule has 1 saturated heterocycles. The highest BCUT2D eigenvalue weighted by molar-refractivity contribution is 5.78. The van der Waals surface area contributed by atoms with Crippen LogP contribution in [-0.2, 0) is 23.0 Å². The second-order valence-electron chi connectivity index (χ2n) is 6.68. The number of ether oxygens (including phenoxy) is 1. The van der Waals surface area contributed by atoms with E-state index in [1.807, 2.05) is 25.1 Å². The van der Waals surface area contributed by atoms with E-state index in [-0.39, 0.29) is 11.9 Å². The maximum Gasteiger partial charge on any atom is 0.224 e. The van der Waals surface area contributed by atoms with Gasteiger partial charge < -0.3 is 14.6 Å². The highest BCUT2D eigenvalue weighted by Crippen LogP contribution is 2.21. The Morgan fingerprint density at radius 1 is 1.24 bits per heavy atom. The van der Waals surface area contributed by atoms with Gasteiger partial charge >= 0.3 is 0 Å². The minimum Gasteiger partial charge on any atom is -0.379 e. The molecule has 1 aromatic carbocycles. The molecule has 0 bridgehead atoms. The standard InChI is InChI=1S/C20H27N3O2/c1-16-5-3-6-17(13-16)14-20(24)21-15-19(18-7-4-8-22(18)2)23-9-11-25-12-10-23/h3-8,13,19H,9-12,14-15H2,1-2H3,(H,21,24). The van der Waals surface area contributed by atoms with Crippen LogP contribution in [0.4, 0.5) is 0 Å². The third-order valence-electron chi connectivity index (χ3n) is 4.75. The summed E-state index contributed by atoms with van der Waals surface area (Å²) in [6, 6.07) is 12.5. The van der Waals surface area contributed by atoms with Gasteiger partial charge in [-0.15, -0.1) is 0 Å². The van der Waals surface area contributed by atoms with Crippen molar-refractivity contribution in [3.63, 3.8) is 0 Å². The number of benzene rings is 1. The molecule has 2 heterocycles. The number of nitrogens with zero attached hydrogens (tertiary/aromatic N) is 2. The molecule has 0 spiro atoms. The van der Waals surface area contributed by atoms with E-state index in [2.05, 4.69) is 46.2 Å². The minimum atomic E-state index is 0.0677. The van der Waals surface area contributed by atoms with E-state index in [0.717, 1.165) is 31.9 Å². The fraction of sp³-hybridized carbons (Fsp3) is 0.450. The van der Waals surface area contributed by atoms with Gasteiger partial charge in [0.1, 0.15) is 0 Å². The zero-order chi connectivity index (χ0) is 17.6. The van der Waals surface area contributed by atoms with Gasteiger partial charge in [0, 0.05) is 38.6 Å². The lowest BCUT2D eigenvalue weighted by Crippen LogP contribution is -2.44. The van der Waals surface area contributed by atoms with Crippen LogP contribution in [0.2, 0.25) is 0 Å². The molecule has 1 aliphatic rings. The SMILES string of the molecule is Cc1cccc(CC(=O)NCC(c2cccn2C)N2CCOCC2)c1. The van der Waals surface area contributed by atoms with Gasteiger partial charge in [-0.1, -0.05) is 29.8 Å². The lowest BCUT2D eigenvalue weighted by atomic mass is 10.1. The van der Waals surface area contributed by atoms with E-state index in [0.29, 0.717) is 13.0 Å². The molecule has 1 atom stereocenters. The molecule has 3 rings (SSSR count). The summed E-state index contributed by atoms with van der Waals surface area (Å²) in [5, 5.41) is 3.13. The first-order chi connectivity index (χ1) is 12.1. The number of rotatable bonds is 6. The van der Waals surface area contributed by atoms with Crippen LogP contribution in [-0.4, -0.2) is 48.2 Å². The molecule has 2 aromatic rings. The van der Waals surface area contributed by atoms with Crippen LogP contribution in [0.3, 0.4) is 0 Å². The molecule has 1 N–H and O–H groups in total. The molecule has 1 amide bonds. The van der Waals surface area contributed by atoms with Crippen LogP contribution in [0.15, 0.2) is 42.6 Å². The third kappa shape index (κ3) is 4.71. The molecule has 1 fully saturated rings. The van der Waals surface area contributed by atoms with Gasteiger partial charge in [0.05, 0.1) is 25.7 Å². The first-order valence-corrected chi connectivity index (χ1v) is 8.89. The second-order valence-corrected chi connectivity index (χ2v) is 6.68. The molecule has 1 aliphatic heterocycles. The number of aromatic nitrogens is 1. The Morgan fingerprint density at radius 3 is 2.72 bits per heavy atom. The van der Waals surface area contributed by atoms with Crippen LogP contribution >= 0.6 is 0 Å². The van der Waals surface area contributed by atoms with Crippen LogP contribution in [0.5, 0.6) is 0 Å². The number of aryl methyl sites for hydroxylation is 2. The Labute approximate surface area is 149 Å². The number of morpholine rings is 1. The van der Waals surface area contributed by atoms with Gasteiger partial charge in [-0.25, -0.2) is 0 Å². The average molecular weight is 341 g/mol. The van der Waals surface area contributed by atoms with Crippen molar-refractivity contribution in [2.24, 2.45) is 7.05 Å². The van der Waals surface area contributed by atoms with Crippen LogP contribution < -0.4 is 5.32 Å². The molecule has 0 saturated carbocycles. The molecule has 0 radical (unpaired) electrons. The summed E-state index contributed by atoms with van der Waals surface area (Å²) in [5.41, 5.74) is 3.46. The van der Waals surface area contributed by atoms with Gasteiger partial charge in [0.25, 0.3) is 0 Å². The summed E-state index contributed by atoms with van der Waals surface area (Å²) in [6.45, 7) is 5.94. The number of hydrogen-bond acceptors (Lipinski definition) is 3. The number of nitrogens with one attached hydrogen (secondary N) is 1. The number of hydrogen-bond donors (Lipinski definition) is 1. The van der Waals surface area contributed by atoms with Gasteiger partial charge in [-0.3, -0.25) is 9.69 Å². The fourth-order valence-electron chi connectivity index (χ4n) is 3.41. The van der Waals surface area contributed by atoms with Crippen molar-refractivity contribution in [3.05, 3.63) is 59.4 Å². The summed E-state index contributed by atoms with van der Waals surface area (Å²) in [6.07, 6.45) is 2.47. The Kier molecular flexibility index (Phi) is 5.89. The second kappa shape index (κ2) is 8.32. The quantitative estimate of drug-likeness (QED) is 0.875. The maximum absolute atomic E-state index is 12.4. The topological polar surface area (TPSA) is 46.5 Å². The molecule has 25 heavy (non-hydrogen) atoms. The lowest BCUT2D eigenvalue weighted by Gasteiger charge is -2.35. The van der Waals surface area contributed by atoms with E-state index in [4.69, 9.17) is 4.74 Å². The number of amides is 1. The van der Waals surface area contributed by atoms with Gasteiger partial charge in [0.15, 0.2) is 0 Å².